The fourth-order valence-corrected chi connectivity index (χ4v) is 2.06. The predicted molar refractivity (Wildman–Crippen MR) is 75.6 cm³/mol. The number of amides is 1. The van der Waals surface area contributed by atoms with Crippen LogP contribution in [-0.4, -0.2) is 33.4 Å². The first kappa shape index (κ1) is 15.8. The second-order valence-electron chi connectivity index (χ2n) is 5.43. The minimum atomic E-state index is -0.961. The van der Waals surface area contributed by atoms with E-state index >= 15 is 0 Å². The summed E-state index contributed by atoms with van der Waals surface area (Å²) in [5, 5.41) is 18.9. The first-order chi connectivity index (χ1) is 8.75. The number of nitrogens with zero attached hydrogens (tertiary/aromatic N) is 1. The molecule has 0 aromatic heterocycles. The lowest BCUT2D eigenvalue weighted by molar-refractivity contribution is 0.0953. The molecule has 0 aliphatic heterocycles. The third kappa shape index (κ3) is 4.40. The van der Waals surface area contributed by atoms with Crippen LogP contribution in [0.5, 0.6) is 0 Å². The summed E-state index contributed by atoms with van der Waals surface area (Å²) < 4.78 is 0. The first-order valence-electron chi connectivity index (χ1n) is 6.14. The van der Waals surface area contributed by atoms with Crippen molar-refractivity contribution in [3.8, 4) is 0 Å². The first-order valence-corrected chi connectivity index (χ1v) is 6.52. The van der Waals surface area contributed by atoms with Crippen LogP contribution in [0.2, 0.25) is 5.02 Å². The Bertz CT molecular complexity index is 454. The van der Waals surface area contributed by atoms with E-state index in [1.165, 1.54) is 4.90 Å². The van der Waals surface area contributed by atoms with Gasteiger partial charge in [0.1, 0.15) is 0 Å². The van der Waals surface area contributed by atoms with Crippen molar-refractivity contribution in [1.82, 2.24) is 4.90 Å². The van der Waals surface area contributed by atoms with Gasteiger partial charge in [-0.3, -0.25) is 4.90 Å². The van der Waals surface area contributed by atoms with Gasteiger partial charge >= 0.3 is 6.09 Å². The molecule has 0 radical (unpaired) electrons. The van der Waals surface area contributed by atoms with Gasteiger partial charge in [-0.1, -0.05) is 17.7 Å². The lowest BCUT2D eigenvalue weighted by atomic mass is 10.0. The van der Waals surface area contributed by atoms with Gasteiger partial charge in [0.25, 0.3) is 0 Å². The Labute approximate surface area is 118 Å². The van der Waals surface area contributed by atoms with Crippen molar-refractivity contribution in [2.24, 2.45) is 0 Å². The number of carboxylic acid groups (broad SMARTS) is 1. The standard InChI is InChI=1S/C14H20ClNO3/c1-14(2,3)16(13(18)19)9-11-4-5-12(15)8-10(11)6-7-17/h4-5,8,17H,6-7,9H2,1-3H3,(H,18,19). The highest BCUT2D eigenvalue weighted by molar-refractivity contribution is 6.30. The topological polar surface area (TPSA) is 60.8 Å². The number of carbonyl (C=O) groups is 1. The van der Waals surface area contributed by atoms with E-state index < -0.39 is 11.6 Å². The average molecular weight is 286 g/mol. The van der Waals surface area contributed by atoms with Crippen LogP contribution in [0.25, 0.3) is 0 Å². The van der Waals surface area contributed by atoms with Gasteiger partial charge < -0.3 is 10.2 Å². The fourth-order valence-electron chi connectivity index (χ4n) is 1.86. The highest BCUT2D eigenvalue weighted by Gasteiger charge is 2.26. The van der Waals surface area contributed by atoms with Crippen molar-refractivity contribution in [2.45, 2.75) is 39.3 Å². The molecule has 0 unspecified atom stereocenters. The zero-order valence-electron chi connectivity index (χ0n) is 11.5. The van der Waals surface area contributed by atoms with Crippen LogP contribution in [0.4, 0.5) is 4.79 Å². The molecule has 1 aromatic carbocycles. The van der Waals surface area contributed by atoms with Gasteiger partial charge in [-0.2, -0.15) is 0 Å². The minimum absolute atomic E-state index is 0.00985. The molecule has 106 valence electrons. The molecule has 0 saturated carbocycles. The summed E-state index contributed by atoms with van der Waals surface area (Å²) in [6.45, 7) is 5.84. The highest BCUT2D eigenvalue weighted by Crippen LogP contribution is 2.22. The van der Waals surface area contributed by atoms with Crippen molar-refractivity contribution in [3.05, 3.63) is 34.3 Å². The van der Waals surface area contributed by atoms with Gasteiger partial charge in [0.2, 0.25) is 0 Å². The molecule has 2 N–H and O–H groups in total. The Balaban J connectivity index is 3.06. The van der Waals surface area contributed by atoms with E-state index in [2.05, 4.69) is 0 Å². The number of hydrogen-bond donors (Lipinski definition) is 2. The molecule has 4 nitrogen and oxygen atoms in total. The second-order valence-corrected chi connectivity index (χ2v) is 5.86. The van der Waals surface area contributed by atoms with Crippen molar-refractivity contribution >= 4 is 17.7 Å². The normalized spacial score (nSPS) is 11.4. The van der Waals surface area contributed by atoms with Crippen molar-refractivity contribution in [3.63, 3.8) is 0 Å². The molecule has 0 saturated heterocycles. The SMILES string of the molecule is CC(C)(C)N(Cc1ccc(Cl)cc1CCO)C(=O)O. The zero-order chi connectivity index (χ0) is 14.6. The van der Waals surface area contributed by atoms with Crippen molar-refractivity contribution in [2.75, 3.05) is 6.61 Å². The maximum Gasteiger partial charge on any atom is 0.408 e. The van der Waals surface area contributed by atoms with Crippen LogP contribution in [0.15, 0.2) is 18.2 Å². The lowest BCUT2D eigenvalue weighted by Gasteiger charge is -2.33. The minimum Gasteiger partial charge on any atom is -0.465 e. The predicted octanol–water partition coefficient (Wildman–Crippen LogP) is 3.15. The van der Waals surface area contributed by atoms with Gasteiger partial charge in [-0.05, 0) is 50.5 Å². The van der Waals surface area contributed by atoms with Crippen molar-refractivity contribution in [1.29, 1.82) is 0 Å². The molecule has 5 heteroatoms. The summed E-state index contributed by atoms with van der Waals surface area (Å²) in [5.41, 5.74) is 1.27. The summed E-state index contributed by atoms with van der Waals surface area (Å²) in [5.74, 6) is 0. The van der Waals surface area contributed by atoms with Crippen LogP contribution in [0, 0.1) is 0 Å². The van der Waals surface area contributed by atoms with Gasteiger partial charge in [0.05, 0.1) is 0 Å². The molecule has 0 aliphatic carbocycles. The van der Waals surface area contributed by atoms with Gasteiger partial charge in [-0.15, -0.1) is 0 Å². The Kier molecular flexibility index (Phi) is 5.20. The van der Waals surface area contributed by atoms with E-state index in [1.807, 2.05) is 26.8 Å². The number of aliphatic hydroxyl groups excluding tert-OH is 1. The molecule has 0 fully saturated rings. The molecule has 1 amide bonds. The molecule has 0 spiro atoms. The van der Waals surface area contributed by atoms with Crippen molar-refractivity contribution < 1.29 is 15.0 Å². The number of halogens is 1. The molecule has 19 heavy (non-hydrogen) atoms. The Morgan fingerprint density at radius 3 is 2.42 bits per heavy atom. The van der Waals surface area contributed by atoms with E-state index in [0.29, 0.717) is 11.4 Å². The summed E-state index contributed by atoms with van der Waals surface area (Å²) >= 11 is 5.93. The summed E-state index contributed by atoms with van der Waals surface area (Å²) in [7, 11) is 0. The van der Waals surface area contributed by atoms with Crippen LogP contribution in [0.1, 0.15) is 31.9 Å². The number of aliphatic hydroxyl groups is 1. The molecule has 1 aromatic rings. The smallest absolute Gasteiger partial charge is 0.408 e. The van der Waals surface area contributed by atoms with E-state index in [0.717, 1.165) is 11.1 Å². The zero-order valence-corrected chi connectivity index (χ0v) is 12.2. The maximum atomic E-state index is 11.3. The van der Waals surface area contributed by atoms with Crippen LogP contribution < -0.4 is 0 Å². The average Bonchev–Trinajstić information content (AvgIpc) is 2.26. The van der Waals surface area contributed by atoms with E-state index in [9.17, 15) is 9.90 Å². The molecule has 0 atom stereocenters. The Hall–Kier alpha value is -1.26. The van der Waals surface area contributed by atoms with Crippen LogP contribution >= 0.6 is 11.6 Å². The third-order valence-electron chi connectivity index (χ3n) is 2.92. The maximum absolute atomic E-state index is 11.3. The largest absolute Gasteiger partial charge is 0.465 e. The summed E-state index contributed by atoms with van der Waals surface area (Å²) in [6, 6.07) is 5.32. The molecule has 0 aliphatic rings. The Morgan fingerprint density at radius 2 is 1.95 bits per heavy atom. The molecule has 0 heterocycles. The molecular weight excluding hydrogens is 266 g/mol. The lowest BCUT2D eigenvalue weighted by Crippen LogP contribution is -2.44. The van der Waals surface area contributed by atoms with Crippen LogP contribution in [0.3, 0.4) is 0 Å². The van der Waals surface area contributed by atoms with E-state index in [1.54, 1.807) is 12.1 Å². The van der Waals surface area contributed by atoms with Gasteiger partial charge in [0.15, 0.2) is 0 Å². The summed E-state index contributed by atoms with van der Waals surface area (Å²) in [6.07, 6.45) is -0.495. The molecular formula is C14H20ClNO3. The molecule has 1 rings (SSSR count). The van der Waals surface area contributed by atoms with E-state index in [-0.39, 0.29) is 13.2 Å². The summed E-state index contributed by atoms with van der Waals surface area (Å²) in [4.78, 5) is 12.7. The second kappa shape index (κ2) is 6.26. The number of hydrogen-bond acceptors (Lipinski definition) is 2. The highest BCUT2D eigenvalue weighted by atomic mass is 35.5. The number of rotatable bonds is 4. The van der Waals surface area contributed by atoms with Gasteiger partial charge in [-0.25, -0.2) is 4.79 Å². The van der Waals surface area contributed by atoms with Gasteiger partial charge in [0, 0.05) is 23.7 Å². The van der Waals surface area contributed by atoms with Crippen LogP contribution in [-0.2, 0) is 13.0 Å². The fraction of sp³-hybridized carbons (Fsp3) is 0.500. The Morgan fingerprint density at radius 1 is 1.32 bits per heavy atom. The quantitative estimate of drug-likeness (QED) is 0.893. The van der Waals surface area contributed by atoms with E-state index in [4.69, 9.17) is 16.7 Å². The third-order valence-corrected chi connectivity index (χ3v) is 3.15. The number of benzene rings is 1. The monoisotopic (exact) mass is 285 g/mol. The molecule has 0 bridgehead atoms.